The Morgan fingerprint density at radius 2 is 1.92 bits per heavy atom. The van der Waals surface area contributed by atoms with Crippen LogP contribution in [0, 0.1) is 0 Å². The number of ether oxygens (including phenoxy) is 2. The molecule has 0 saturated carbocycles. The molecule has 0 aliphatic carbocycles. The monoisotopic (exact) mass is 395 g/mol. The molecular formula is C18H15Cl2NO5. The van der Waals surface area contributed by atoms with Crippen LogP contribution >= 0.6 is 23.2 Å². The fraction of sp³-hybridized carbons (Fsp3) is 0.167. The third kappa shape index (κ3) is 5.47. The highest BCUT2D eigenvalue weighted by Crippen LogP contribution is 2.25. The maximum Gasteiger partial charge on any atom is 0.344 e. The van der Waals surface area contributed by atoms with E-state index in [4.69, 9.17) is 32.7 Å². The van der Waals surface area contributed by atoms with Crippen molar-refractivity contribution in [3.8, 4) is 5.75 Å². The number of para-hydroxylation sites is 1. The molecule has 26 heavy (non-hydrogen) atoms. The lowest BCUT2D eigenvalue weighted by atomic mass is 10.2. The molecule has 8 heteroatoms. The lowest BCUT2D eigenvalue weighted by molar-refractivity contribution is -0.155. The third-order valence-corrected chi connectivity index (χ3v) is 3.81. The topological polar surface area (TPSA) is 81.7 Å². The summed E-state index contributed by atoms with van der Waals surface area (Å²) < 4.78 is 10.3. The highest BCUT2D eigenvalue weighted by atomic mass is 35.5. The number of hydrogen-bond acceptors (Lipinski definition) is 5. The SMILES string of the molecule is C[C@H](OC(=O)COc1ccccc1C=O)C(=O)Nc1ccc(Cl)cc1Cl. The van der Waals surface area contributed by atoms with Gasteiger partial charge in [0.05, 0.1) is 16.3 Å². The number of halogens is 2. The molecule has 1 atom stereocenters. The van der Waals surface area contributed by atoms with Gasteiger partial charge in [-0.3, -0.25) is 9.59 Å². The number of nitrogens with one attached hydrogen (secondary N) is 1. The van der Waals surface area contributed by atoms with Gasteiger partial charge in [-0.05, 0) is 37.3 Å². The minimum Gasteiger partial charge on any atom is -0.481 e. The molecule has 0 aromatic heterocycles. The molecule has 0 aliphatic rings. The summed E-state index contributed by atoms with van der Waals surface area (Å²) in [6.45, 7) is 0.973. The molecule has 0 spiro atoms. The van der Waals surface area contributed by atoms with Crippen LogP contribution in [-0.4, -0.2) is 30.9 Å². The summed E-state index contributed by atoms with van der Waals surface area (Å²) in [5, 5.41) is 3.23. The number of aldehydes is 1. The predicted molar refractivity (Wildman–Crippen MR) is 98.0 cm³/mol. The first-order valence-electron chi connectivity index (χ1n) is 7.53. The summed E-state index contributed by atoms with van der Waals surface area (Å²) in [6.07, 6.45) is -0.453. The van der Waals surface area contributed by atoms with E-state index in [-0.39, 0.29) is 10.8 Å². The van der Waals surface area contributed by atoms with Crippen LogP contribution in [0.5, 0.6) is 5.75 Å². The van der Waals surface area contributed by atoms with Crippen molar-refractivity contribution in [2.45, 2.75) is 13.0 Å². The maximum absolute atomic E-state index is 12.1. The molecule has 2 aromatic rings. The number of benzene rings is 2. The molecule has 0 bridgehead atoms. The van der Waals surface area contributed by atoms with Crippen molar-refractivity contribution in [1.82, 2.24) is 0 Å². The van der Waals surface area contributed by atoms with Crippen molar-refractivity contribution < 1.29 is 23.9 Å². The van der Waals surface area contributed by atoms with Gasteiger partial charge in [0.2, 0.25) is 0 Å². The first-order valence-corrected chi connectivity index (χ1v) is 8.28. The second-order valence-corrected chi connectivity index (χ2v) is 6.03. The lowest BCUT2D eigenvalue weighted by Crippen LogP contribution is -2.31. The average molecular weight is 396 g/mol. The highest BCUT2D eigenvalue weighted by molar-refractivity contribution is 6.36. The van der Waals surface area contributed by atoms with Gasteiger partial charge >= 0.3 is 5.97 Å². The van der Waals surface area contributed by atoms with Crippen LogP contribution in [0.25, 0.3) is 0 Å². The largest absolute Gasteiger partial charge is 0.481 e. The fourth-order valence-corrected chi connectivity index (χ4v) is 2.41. The van der Waals surface area contributed by atoms with E-state index >= 15 is 0 Å². The Bertz CT molecular complexity index is 825. The summed E-state index contributed by atoms with van der Waals surface area (Å²) in [5.74, 6) is -1.06. The van der Waals surface area contributed by atoms with Gasteiger partial charge in [-0.2, -0.15) is 0 Å². The molecule has 1 N–H and O–H groups in total. The van der Waals surface area contributed by atoms with E-state index in [0.717, 1.165) is 0 Å². The molecule has 0 aliphatic heterocycles. The average Bonchev–Trinajstić information content (AvgIpc) is 2.62. The van der Waals surface area contributed by atoms with Crippen LogP contribution in [0.1, 0.15) is 17.3 Å². The van der Waals surface area contributed by atoms with Crippen LogP contribution in [-0.2, 0) is 14.3 Å². The Kier molecular flexibility index (Phi) is 7.00. The van der Waals surface area contributed by atoms with Gasteiger partial charge < -0.3 is 14.8 Å². The van der Waals surface area contributed by atoms with E-state index in [0.29, 0.717) is 22.6 Å². The van der Waals surface area contributed by atoms with Crippen molar-refractivity contribution in [3.05, 3.63) is 58.1 Å². The molecule has 0 radical (unpaired) electrons. The first kappa shape index (κ1) is 19.8. The number of amides is 1. The fourth-order valence-electron chi connectivity index (χ4n) is 1.96. The standard InChI is InChI=1S/C18H15Cl2NO5/c1-11(18(24)21-15-7-6-13(19)8-14(15)20)26-17(23)10-25-16-5-3-2-4-12(16)9-22/h2-9,11H,10H2,1H3,(H,21,24)/t11-/m0/s1. The van der Waals surface area contributed by atoms with Gasteiger partial charge in [-0.25, -0.2) is 4.79 Å². The molecule has 2 aromatic carbocycles. The highest BCUT2D eigenvalue weighted by Gasteiger charge is 2.19. The van der Waals surface area contributed by atoms with E-state index in [9.17, 15) is 14.4 Å². The Hall–Kier alpha value is -2.57. The van der Waals surface area contributed by atoms with Crippen molar-refractivity contribution in [2.75, 3.05) is 11.9 Å². The number of rotatable bonds is 7. The quantitative estimate of drug-likeness (QED) is 0.570. The Morgan fingerprint density at radius 3 is 2.62 bits per heavy atom. The molecule has 0 fully saturated rings. The molecule has 2 rings (SSSR count). The normalized spacial score (nSPS) is 11.3. The number of carbonyl (C=O) groups is 3. The Morgan fingerprint density at radius 1 is 1.19 bits per heavy atom. The van der Waals surface area contributed by atoms with Gasteiger partial charge in [0.15, 0.2) is 19.0 Å². The molecule has 0 unspecified atom stereocenters. The predicted octanol–water partition coefficient (Wildman–Crippen LogP) is 3.76. The lowest BCUT2D eigenvalue weighted by Gasteiger charge is -2.15. The summed E-state index contributed by atoms with van der Waals surface area (Å²) in [4.78, 5) is 34.8. The summed E-state index contributed by atoms with van der Waals surface area (Å²) in [7, 11) is 0. The van der Waals surface area contributed by atoms with Crippen molar-refractivity contribution in [3.63, 3.8) is 0 Å². The van der Waals surface area contributed by atoms with Gasteiger partial charge in [0.1, 0.15) is 5.75 Å². The first-order chi connectivity index (χ1) is 12.4. The zero-order valence-electron chi connectivity index (χ0n) is 13.7. The van der Waals surface area contributed by atoms with E-state index in [1.54, 1.807) is 30.3 Å². The van der Waals surface area contributed by atoms with E-state index in [1.807, 2.05) is 0 Å². The van der Waals surface area contributed by atoms with Gasteiger partial charge in [-0.15, -0.1) is 0 Å². The van der Waals surface area contributed by atoms with Crippen LogP contribution in [0.4, 0.5) is 5.69 Å². The van der Waals surface area contributed by atoms with Crippen LogP contribution in [0.15, 0.2) is 42.5 Å². The Labute approximate surface area is 160 Å². The molecule has 1 amide bonds. The van der Waals surface area contributed by atoms with Crippen molar-refractivity contribution >= 4 is 47.1 Å². The van der Waals surface area contributed by atoms with Crippen molar-refractivity contribution in [2.24, 2.45) is 0 Å². The van der Waals surface area contributed by atoms with E-state index in [1.165, 1.54) is 19.1 Å². The van der Waals surface area contributed by atoms with Crippen molar-refractivity contribution in [1.29, 1.82) is 0 Å². The third-order valence-electron chi connectivity index (χ3n) is 3.26. The molecule has 6 nitrogen and oxygen atoms in total. The smallest absolute Gasteiger partial charge is 0.344 e. The summed E-state index contributed by atoms with van der Waals surface area (Å²) in [5.41, 5.74) is 0.656. The molecular weight excluding hydrogens is 381 g/mol. The zero-order chi connectivity index (χ0) is 19.1. The van der Waals surface area contributed by atoms with Crippen LogP contribution in [0.3, 0.4) is 0 Å². The van der Waals surface area contributed by atoms with Crippen LogP contribution < -0.4 is 10.1 Å². The van der Waals surface area contributed by atoms with E-state index in [2.05, 4.69) is 5.32 Å². The number of hydrogen-bond donors (Lipinski definition) is 1. The second kappa shape index (κ2) is 9.22. The van der Waals surface area contributed by atoms with Crippen LogP contribution in [0.2, 0.25) is 10.0 Å². The Balaban J connectivity index is 1.87. The minimum absolute atomic E-state index is 0.254. The molecule has 0 heterocycles. The number of anilines is 1. The minimum atomic E-state index is -1.07. The number of esters is 1. The zero-order valence-corrected chi connectivity index (χ0v) is 15.2. The van der Waals surface area contributed by atoms with E-state index < -0.39 is 24.6 Å². The number of carbonyl (C=O) groups excluding carboxylic acids is 3. The molecule has 0 saturated heterocycles. The second-order valence-electron chi connectivity index (χ2n) is 5.19. The van der Waals surface area contributed by atoms with Gasteiger partial charge in [-0.1, -0.05) is 35.3 Å². The summed E-state index contributed by atoms with van der Waals surface area (Å²) in [6, 6.07) is 11.0. The van der Waals surface area contributed by atoms with Gasteiger partial charge in [0.25, 0.3) is 5.91 Å². The van der Waals surface area contributed by atoms with Gasteiger partial charge in [0, 0.05) is 5.02 Å². The summed E-state index contributed by atoms with van der Waals surface area (Å²) >= 11 is 11.8. The molecule has 136 valence electrons. The maximum atomic E-state index is 12.1.